The van der Waals surface area contributed by atoms with Crippen molar-refractivity contribution in [1.29, 1.82) is 0 Å². The molecule has 0 aliphatic rings. The Bertz CT molecular complexity index is 1170. The van der Waals surface area contributed by atoms with Crippen LogP contribution in [0.4, 0.5) is 0 Å². The highest BCUT2D eigenvalue weighted by atomic mass is 15.4. The minimum absolute atomic E-state index is 0.459. The lowest BCUT2D eigenvalue weighted by Gasteiger charge is -2.25. The van der Waals surface area contributed by atoms with E-state index in [2.05, 4.69) is 15.0 Å². The predicted molar refractivity (Wildman–Crippen MR) is 116 cm³/mol. The van der Waals surface area contributed by atoms with Gasteiger partial charge < -0.3 is 10.7 Å². The van der Waals surface area contributed by atoms with Gasteiger partial charge in [0.15, 0.2) is 0 Å². The fraction of sp³-hybridized carbons (Fsp3) is 0.0870. The molecule has 0 aliphatic carbocycles. The zero-order valence-corrected chi connectivity index (χ0v) is 16.2. The molecular formula is C23H22N6. The van der Waals surface area contributed by atoms with Gasteiger partial charge in [-0.2, -0.15) is 0 Å². The highest BCUT2D eigenvalue weighted by Gasteiger charge is 2.16. The molecule has 3 heterocycles. The summed E-state index contributed by atoms with van der Waals surface area (Å²) in [4.78, 5) is 13.2. The summed E-state index contributed by atoms with van der Waals surface area (Å²) < 4.78 is 0. The van der Waals surface area contributed by atoms with Gasteiger partial charge in [-0.15, -0.1) is 0 Å². The molecule has 6 heteroatoms. The van der Waals surface area contributed by atoms with Crippen molar-refractivity contribution in [2.75, 3.05) is 0 Å². The van der Waals surface area contributed by atoms with Crippen molar-refractivity contribution in [1.82, 2.24) is 20.0 Å². The van der Waals surface area contributed by atoms with Gasteiger partial charge in [-0.05, 0) is 48.9 Å². The van der Waals surface area contributed by atoms with Crippen molar-refractivity contribution in [2.45, 2.75) is 13.5 Å². The lowest BCUT2D eigenvalue weighted by molar-refractivity contribution is 0.410. The molecule has 0 amide bonds. The second-order valence-corrected chi connectivity index (χ2v) is 6.83. The van der Waals surface area contributed by atoms with Crippen molar-refractivity contribution in [2.24, 2.45) is 11.6 Å². The van der Waals surface area contributed by atoms with Crippen LogP contribution in [0.1, 0.15) is 22.5 Å². The maximum absolute atomic E-state index is 6.60. The SMILES string of the molecule is Cc1cccc(/C(N)=C(\c2ccc3ncccc3c2)N(N)Cc2cccnc2)n1. The van der Waals surface area contributed by atoms with Gasteiger partial charge in [-0.1, -0.05) is 24.3 Å². The number of hydrogen-bond donors (Lipinski definition) is 2. The van der Waals surface area contributed by atoms with E-state index >= 15 is 0 Å². The van der Waals surface area contributed by atoms with E-state index in [1.54, 1.807) is 23.6 Å². The Morgan fingerprint density at radius 2 is 1.86 bits per heavy atom. The van der Waals surface area contributed by atoms with Crippen LogP contribution in [-0.4, -0.2) is 20.0 Å². The van der Waals surface area contributed by atoms with Crippen LogP contribution in [0.25, 0.3) is 22.3 Å². The van der Waals surface area contributed by atoms with Gasteiger partial charge in [0, 0.05) is 35.2 Å². The molecule has 3 aromatic heterocycles. The van der Waals surface area contributed by atoms with Crippen LogP contribution in [0.5, 0.6) is 0 Å². The van der Waals surface area contributed by atoms with E-state index in [1.807, 2.05) is 67.6 Å². The molecule has 4 aromatic rings. The van der Waals surface area contributed by atoms with E-state index in [1.165, 1.54) is 0 Å². The molecule has 0 atom stereocenters. The van der Waals surface area contributed by atoms with Crippen LogP contribution in [-0.2, 0) is 6.54 Å². The number of fused-ring (bicyclic) bond motifs is 1. The molecule has 0 radical (unpaired) electrons. The van der Waals surface area contributed by atoms with Gasteiger partial charge >= 0.3 is 0 Å². The van der Waals surface area contributed by atoms with Crippen LogP contribution < -0.4 is 11.6 Å². The number of aromatic nitrogens is 3. The minimum Gasteiger partial charge on any atom is -0.395 e. The number of nitrogens with two attached hydrogens (primary N) is 2. The minimum atomic E-state index is 0.459. The summed E-state index contributed by atoms with van der Waals surface area (Å²) in [5.74, 6) is 6.53. The van der Waals surface area contributed by atoms with Gasteiger partial charge in [0.25, 0.3) is 0 Å². The molecule has 0 saturated carbocycles. The van der Waals surface area contributed by atoms with Crippen molar-refractivity contribution in [3.8, 4) is 0 Å². The molecular weight excluding hydrogens is 360 g/mol. The Morgan fingerprint density at radius 1 is 1.00 bits per heavy atom. The highest BCUT2D eigenvalue weighted by Crippen LogP contribution is 2.27. The summed E-state index contributed by atoms with van der Waals surface area (Å²) >= 11 is 0. The third-order valence-electron chi connectivity index (χ3n) is 4.66. The van der Waals surface area contributed by atoms with Crippen molar-refractivity contribution in [3.05, 3.63) is 102 Å². The molecule has 6 nitrogen and oxygen atoms in total. The summed E-state index contributed by atoms with van der Waals surface area (Å²) in [7, 11) is 0. The Hall–Kier alpha value is -3.77. The molecule has 29 heavy (non-hydrogen) atoms. The molecule has 0 aliphatic heterocycles. The Labute approximate surface area is 169 Å². The summed E-state index contributed by atoms with van der Waals surface area (Å²) in [5, 5.41) is 2.66. The largest absolute Gasteiger partial charge is 0.395 e. The highest BCUT2D eigenvalue weighted by molar-refractivity contribution is 5.91. The first-order valence-electron chi connectivity index (χ1n) is 9.32. The first-order valence-corrected chi connectivity index (χ1v) is 9.32. The number of hydrazine groups is 1. The summed E-state index contributed by atoms with van der Waals surface area (Å²) in [6.07, 6.45) is 5.31. The first-order chi connectivity index (χ1) is 14.1. The lowest BCUT2D eigenvalue weighted by atomic mass is 10.0. The average Bonchev–Trinajstić information content (AvgIpc) is 2.74. The maximum Gasteiger partial charge on any atom is 0.0884 e. The lowest BCUT2D eigenvalue weighted by Crippen LogP contribution is -2.31. The van der Waals surface area contributed by atoms with E-state index in [-0.39, 0.29) is 0 Å². The second-order valence-electron chi connectivity index (χ2n) is 6.83. The van der Waals surface area contributed by atoms with Crippen LogP contribution in [0.2, 0.25) is 0 Å². The van der Waals surface area contributed by atoms with Crippen LogP contribution >= 0.6 is 0 Å². The molecule has 0 saturated heterocycles. The van der Waals surface area contributed by atoms with Gasteiger partial charge in [-0.3, -0.25) is 15.0 Å². The predicted octanol–water partition coefficient (Wildman–Crippen LogP) is 3.49. The second kappa shape index (κ2) is 8.08. The summed E-state index contributed by atoms with van der Waals surface area (Å²) in [5.41, 5.74) is 12.2. The number of rotatable bonds is 5. The topological polar surface area (TPSA) is 94.0 Å². The Kier molecular flexibility index (Phi) is 5.18. The Balaban J connectivity index is 1.84. The van der Waals surface area contributed by atoms with Crippen LogP contribution in [0.3, 0.4) is 0 Å². The Morgan fingerprint density at radius 3 is 2.66 bits per heavy atom. The standard InChI is InChI=1S/C23H22N6/c1-16-5-2-8-21(28-16)22(24)23(29(25)15-17-6-3-11-26-14-17)19-9-10-20-18(13-19)7-4-12-27-20/h2-14H,15,24-25H2,1H3/b23-22-. The fourth-order valence-electron chi connectivity index (χ4n) is 3.28. The van der Waals surface area contributed by atoms with E-state index in [9.17, 15) is 0 Å². The van der Waals surface area contributed by atoms with Crippen LogP contribution in [0, 0.1) is 6.92 Å². The summed E-state index contributed by atoms with van der Waals surface area (Å²) in [6, 6.07) is 19.6. The number of hydrogen-bond acceptors (Lipinski definition) is 6. The van der Waals surface area contributed by atoms with Crippen molar-refractivity contribution < 1.29 is 0 Å². The van der Waals surface area contributed by atoms with Crippen molar-refractivity contribution in [3.63, 3.8) is 0 Å². The zero-order valence-electron chi connectivity index (χ0n) is 16.2. The van der Waals surface area contributed by atoms with Crippen LogP contribution in [0.15, 0.2) is 79.3 Å². The zero-order chi connectivity index (χ0) is 20.2. The quantitative estimate of drug-likeness (QED) is 0.405. The van der Waals surface area contributed by atoms with Gasteiger partial charge in [0.05, 0.1) is 29.1 Å². The third-order valence-corrected chi connectivity index (χ3v) is 4.66. The number of benzene rings is 1. The molecule has 144 valence electrons. The molecule has 4 rings (SSSR count). The fourth-order valence-corrected chi connectivity index (χ4v) is 3.28. The summed E-state index contributed by atoms with van der Waals surface area (Å²) in [6.45, 7) is 2.40. The molecule has 1 aromatic carbocycles. The smallest absolute Gasteiger partial charge is 0.0884 e. The van der Waals surface area contributed by atoms with E-state index < -0.39 is 0 Å². The number of pyridine rings is 3. The van der Waals surface area contributed by atoms with E-state index in [0.717, 1.165) is 27.7 Å². The van der Waals surface area contributed by atoms with E-state index in [0.29, 0.717) is 23.6 Å². The molecule has 0 bridgehead atoms. The normalized spacial score (nSPS) is 11.9. The maximum atomic E-state index is 6.60. The van der Waals surface area contributed by atoms with Gasteiger partial charge in [0.2, 0.25) is 0 Å². The molecule has 0 fully saturated rings. The molecule has 4 N–H and O–H groups in total. The molecule has 0 unspecified atom stereocenters. The molecule has 0 spiro atoms. The third kappa shape index (κ3) is 4.07. The number of aryl methyl sites for hydroxylation is 1. The average molecular weight is 382 g/mol. The number of nitrogens with zero attached hydrogens (tertiary/aromatic N) is 4. The first kappa shape index (κ1) is 18.6. The monoisotopic (exact) mass is 382 g/mol. The van der Waals surface area contributed by atoms with E-state index in [4.69, 9.17) is 11.6 Å². The van der Waals surface area contributed by atoms with Gasteiger partial charge in [-0.25, -0.2) is 5.84 Å². The van der Waals surface area contributed by atoms with Crippen molar-refractivity contribution >= 4 is 22.3 Å². The van der Waals surface area contributed by atoms with Gasteiger partial charge in [0.1, 0.15) is 0 Å².